The lowest BCUT2D eigenvalue weighted by atomic mass is 10.1. The Balaban J connectivity index is 1.18. The number of imidazole rings is 1. The van der Waals surface area contributed by atoms with Crippen LogP contribution in [0.1, 0.15) is 34.8 Å². The second-order valence-electron chi connectivity index (χ2n) is 11.6. The molecule has 0 radical (unpaired) electrons. The zero-order chi connectivity index (χ0) is 29.6. The predicted octanol–water partition coefficient (Wildman–Crippen LogP) is 3.74. The molecule has 0 spiro atoms. The molecule has 10 nitrogen and oxygen atoms in total. The number of piperazine rings is 2. The Bertz CT molecular complexity index is 1490. The third kappa shape index (κ3) is 6.97. The maximum Gasteiger partial charge on any atom is 0.253 e. The van der Waals surface area contributed by atoms with Crippen molar-refractivity contribution in [2.75, 3.05) is 75.7 Å². The van der Waals surface area contributed by atoms with Crippen molar-refractivity contribution in [3.8, 4) is 0 Å². The van der Waals surface area contributed by atoms with Crippen LogP contribution in [-0.2, 0) is 13.1 Å². The zero-order valence-corrected chi connectivity index (χ0v) is 25.5. The third-order valence-corrected chi connectivity index (χ3v) is 8.69. The van der Waals surface area contributed by atoms with Crippen LogP contribution in [0.5, 0.6) is 0 Å². The molecule has 4 heterocycles. The number of rotatable bonds is 10. The molecular formula is C33H43N9O. The van der Waals surface area contributed by atoms with Crippen molar-refractivity contribution in [3.63, 3.8) is 0 Å². The number of nitrogens with one attached hydrogen (secondary N) is 1. The van der Waals surface area contributed by atoms with Gasteiger partial charge in [-0.3, -0.25) is 4.79 Å². The minimum absolute atomic E-state index is 0.0777. The molecule has 226 valence electrons. The molecule has 0 saturated carbocycles. The van der Waals surface area contributed by atoms with Crippen molar-refractivity contribution < 1.29 is 4.79 Å². The summed E-state index contributed by atoms with van der Waals surface area (Å²) in [6, 6.07) is 18.0. The standard InChI is InChI=1S/C33H43N9O/c1-3-38-16-18-39(19-17-38)14-7-15-42-25-35-29-30(36-33(37-31(29)42)34-24-27-12-10-26(2)11-13-27)40-20-22-41(23-21-40)32(43)28-8-5-4-6-9-28/h4-6,8-13,25H,3,7,14-24H2,1-2H3,(H,34,36,37). The van der Waals surface area contributed by atoms with E-state index in [1.54, 1.807) is 0 Å². The molecular weight excluding hydrogens is 538 g/mol. The molecule has 6 rings (SSSR count). The molecule has 1 amide bonds. The summed E-state index contributed by atoms with van der Waals surface area (Å²) >= 11 is 0. The number of aryl methyl sites for hydroxylation is 2. The summed E-state index contributed by atoms with van der Waals surface area (Å²) in [5.41, 5.74) is 4.83. The highest BCUT2D eigenvalue weighted by molar-refractivity contribution is 5.94. The molecule has 4 aromatic rings. The monoisotopic (exact) mass is 581 g/mol. The van der Waals surface area contributed by atoms with E-state index in [0.717, 1.165) is 74.8 Å². The summed E-state index contributed by atoms with van der Waals surface area (Å²) in [6.45, 7) is 15.3. The summed E-state index contributed by atoms with van der Waals surface area (Å²) < 4.78 is 2.18. The summed E-state index contributed by atoms with van der Waals surface area (Å²) in [6.07, 6.45) is 2.96. The Morgan fingerprint density at radius 3 is 2.28 bits per heavy atom. The molecule has 2 aliphatic rings. The lowest BCUT2D eigenvalue weighted by molar-refractivity contribution is 0.0746. The molecule has 2 aromatic heterocycles. The molecule has 43 heavy (non-hydrogen) atoms. The first kappa shape index (κ1) is 29.1. The van der Waals surface area contributed by atoms with Crippen LogP contribution in [0.4, 0.5) is 11.8 Å². The van der Waals surface area contributed by atoms with E-state index in [9.17, 15) is 4.79 Å². The van der Waals surface area contributed by atoms with E-state index in [0.29, 0.717) is 38.7 Å². The highest BCUT2D eigenvalue weighted by atomic mass is 16.2. The Hall–Kier alpha value is -4.02. The van der Waals surface area contributed by atoms with Gasteiger partial charge in [-0.25, -0.2) is 4.98 Å². The average Bonchev–Trinajstić information content (AvgIpc) is 3.47. The van der Waals surface area contributed by atoms with Gasteiger partial charge >= 0.3 is 0 Å². The first-order chi connectivity index (χ1) is 21.1. The van der Waals surface area contributed by atoms with Gasteiger partial charge in [-0.05, 0) is 44.1 Å². The van der Waals surface area contributed by atoms with Gasteiger partial charge in [0.15, 0.2) is 17.0 Å². The summed E-state index contributed by atoms with van der Waals surface area (Å²) in [4.78, 5) is 37.1. The van der Waals surface area contributed by atoms with Crippen molar-refractivity contribution >= 4 is 28.8 Å². The fraction of sp³-hybridized carbons (Fsp3) is 0.455. The molecule has 1 N–H and O–H groups in total. The number of anilines is 2. The quantitative estimate of drug-likeness (QED) is 0.303. The van der Waals surface area contributed by atoms with Crippen LogP contribution in [0.3, 0.4) is 0 Å². The highest BCUT2D eigenvalue weighted by Gasteiger charge is 2.26. The van der Waals surface area contributed by atoms with Crippen molar-refractivity contribution in [2.45, 2.75) is 33.4 Å². The topological polar surface area (TPSA) is 85.7 Å². The van der Waals surface area contributed by atoms with E-state index in [2.05, 4.69) is 62.7 Å². The van der Waals surface area contributed by atoms with Gasteiger partial charge in [-0.15, -0.1) is 0 Å². The Kier molecular flexibility index (Phi) is 9.14. The van der Waals surface area contributed by atoms with Crippen molar-refractivity contribution in [1.82, 2.24) is 34.2 Å². The van der Waals surface area contributed by atoms with E-state index in [-0.39, 0.29) is 5.91 Å². The van der Waals surface area contributed by atoms with Crippen molar-refractivity contribution in [3.05, 3.63) is 77.6 Å². The van der Waals surface area contributed by atoms with Crippen LogP contribution in [0.25, 0.3) is 11.2 Å². The van der Waals surface area contributed by atoms with E-state index in [1.165, 1.54) is 11.1 Å². The van der Waals surface area contributed by atoms with E-state index >= 15 is 0 Å². The van der Waals surface area contributed by atoms with Crippen LogP contribution in [0, 0.1) is 6.92 Å². The number of fused-ring (bicyclic) bond motifs is 1. The molecule has 0 bridgehead atoms. The molecule has 0 aliphatic carbocycles. The van der Waals surface area contributed by atoms with Crippen LogP contribution in [-0.4, -0.2) is 106 Å². The molecule has 0 unspecified atom stereocenters. The van der Waals surface area contributed by atoms with Crippen LogP contribution < -0.4 is 10.2 Å². The molecule has 2 aromatic carbocycles. The molecule has 0 atom stereocenters. The van der Waals surface area contributed by atoms with Crippen LogP contribution in [0.15, 0.2) is 60.9 Å². The fourth-order valence-corrected chi connectivity index (χ4v) is 5.96. The zero-order valence-electron chi connectivity index (χ0n) is 25.5. The highest BCUT2D eigenvalue weighted by Crippen LogP contribution is 2.26. The number of nitrogens with zero attached hydrogens (tertiary/aromatic N) is 8. The van der Waals surface area contributed by atoms with Gasteiger partial charge in [0.2, 0.25) is 5.95 Å². The van der Waals surface area contributed by atoms with E-state index < -0.39 is 0 Å². The SMILES string of the molecule is CCN1CCN(CCCn2cnc3c(N4CCN(C(=O)c5ccccc5)CC4)nc(NCc4ccc(C)cc4)nc32)CC1. The predicted molar refractivity (Wildman–Crippen MR) is 172 cm³/mol. The summed E-state index contributed by atoms with van der Waals surface area (Å²) in [7, 11) is 0. The summed E-state index contributed by atoms with van der Waals surface area (Å²) in [5.74, 6) is 1.51. The largest absolute Gasteiger partial charge is 0.351 e. The van der Waals surface area contributed by atoms with Gasteiger partial charge in [-0.1, -0.05) is 55.0 Å². The minimum atomic E-state index is 0.0777. The minimum Gasteiger partial charge on any atom is -0.351 e. The van der Waals surface area contributed by atoms with Gasteiger partial charge in [-0.2, -0.15) is 9.97 Å². The molecule has 2 saturated heterocycles. The van der Waals surface area contributed by atoms with Gasteiger partial charge in [0, 0.05) is 71.0 Å². The third-order valence-electron chi connectivity index (χ3n) is 8.69. The van der Waals surface area contributed by atoms with E-state index in [4.69, 9.17) is 15.0 Å². The number of amides is 1. The number of carbonyl (C=O) groups is 1. The van der Waals surface area contributed by atoms with E-state index in [1.807, 2.05) is 41.6 Å². The van der Waals surface area contributed by atoms with Gasteiger partial charge in [0.05, 0.1) is 6.33 Å². The smallest absolute Gasteiger partial charge is 0.253 e. The number of hydrogen-bond acceptors (Lipinski definition) is 8. The maximum absolute atomic E-state index is 13.1. The van der Waals surface area contributed by atoms with Crippen LogP contribution in [0.2, 0.25) is 0 Å². The normalized spacial score (nSPS) is 16.6. The first-order valence-electron chi connectivity index (χ1n) is 15.6. The van der Waals surface area contributed by atoms with Crippen molar-refractivity contribution in [1.29, 1.82) is 0 Å². The average molecular weight is 582 g/mol. The lowest BCUT2D eigenvalue weighted by Gasteiger charge is -2.35. The van der Waals surface area contributed by atoms with Crippen LogP contribution >= 0.6 is 0 Å². The lowest BCUT2D eigenvalue weighted by Crippen LogP contribution is -2.49. The van der Waals surface area contributed by atoms with Gasteiger partial charge in [0.25, 0.3) is 5.91 Å². The first-order valence-corrected chi connectivity index (χ1v) is 15.6. The Morgan fingerprint density at radius 1 is 0.837 bits per heavy atom. The molecule has 2 fully saturated rings. The Morgan fingerprint density at radius 2 is 1.56 bits per heavy atom. The summed E-state index contributed by atoms with van der Waals surface area (Å²) in [5, 5.41) is 3.47. The van der Waals surface area contributed by atoms with Gasteiger partial charge < -0.3 is 29.5 Å². The number of aromatic nitrogens is 4. The second-order valence-corrected chi connectivity index (χ2v) is 11.6. The number of likely N-dealkylation sites (N-methyl/N-ethyl adjacent to an activating group) is 1. The molecule has 2 aliphatic heterocycles. The molecule has 10 heteroatoms. The number of carbonyl (C=O) groups excluding carboxylic acids is 1. The van der Waals surface area contributed by atoms with Gasteiger partial charge in [0.1, 0.15) is 0 Å². The second kappa shape index (κ2) is 13.5. The fourth-order valence-electron chi connectivity index (χ4n) is 5.96. The van der Waals surface area contributed by atoms with Crippen molar-refractivity contribution in [2.24, 2.45) is 0 Å². The number of hydrogen-bond donors (Lipinski definition) is 1. The Labute approximate surface area is 254 Å². The maximum atomic E-state index is 13.1. The number of benzene rings is 2.